The van der Waals surface area contributed by atoms with Crippen LogP contribution in [0.2, 0.25) is 0 Å². The Hall–Kier alpha value is -3.09. The maximum absolute atomic E-state index is 12.2. The quantitative estimate of drug-likeness (QED) is 0.682. The summed E-state index contributed by atoms with van der Waals surface area (Å²) in [6, 6.07) is 11.3. The van der Waals surface area contributed by atoms with E-state index in [1.165, 1.54) is 24.3 Å². The van der Waals surface area contributed by atoms with Gasteiger partial charge >= 0.3 is 0 Å². The van der Waals surface area contributed by atoms with E-state index < -0.39 is 4.92 Å². The van der Waals surface area contributed by atoms with Gasteiger partial charge in [-0.3, -0.25) is 19.9 Å². The number of nitrogens with one attached hydrogen (secondary N) is 1. The van der Waals surface area contributed by atoms with Crippen molar-refractivity contribution in [2.24, 2.45) is 5.10 Å². The second-order valence-corrected chi connectivity index (χ2v) is 5.90. The Morgan fingerprint density at radius 2 is 2.00 bits per heavy atom. The highest BCUT2D eigenvalue weighted by molar-refractivity contribution is 5.97. The van der Waals surface area contributed by atoms with Crippen molar-refractivity contribution in [2.75, 3.05) is 0 Å². The van der Waals surface area contributed by atoms with Crippen LogP contribution in [-0.4, -0.2) is 21.5 Å². The molecule has 1 aliphatic rings. The zero-order valence-electron chi connectivity index (χ0n) is 13.6. The van der Waals surface area contributed by atoms with E-state index in [2.05, 4.69) is 15.5 Å². The van der Waals surface area contributed by atoms with Crippen molar-refractivity contribution < 1.29 is 9.72 Å². The fourth-order valence-corrected chi connectivity index (χ4v) is 2.95. The number of carbonyl (C=O) groups excluding carboxylic acids is 1. The monoisotopic (exact) mass is 338 g/mol. The molecule has 1 saturated carbocycles. The first-order valence-corrected chi connectivity index (χ1v) is 8.17. The highest BCUT2D eigenvalue weighted by Gasteiger charge is 2.23. The van der Waals surface area contributed by atoms with Gasteiger partial charge in [-0.25, -0.2) is 5.43 Å². The lowest BCUT2D eigenvalue weighted by molar-refractivity contribution is -0.384. The fourth-order valence-electron chi connectivity index (χ4n) is 2.95. The van der Waals surface area contributed by atoms with Crippen LogP contribution in [0.5, 0.6) is 0 Å². The average Bonchev–Trinajstić information content (AvgIpc) is 2.67. The summed E-state index contributed by atoms with van der Waals surface area (Å²) >= 11 is 0. The maximum atomic E-state index is 12.2. The van der Waals surface area contributed by atoms with Crippen LogP contribution < -0.4 is 5.43 Å². The summed E-state index contributed by atoms with van der Waals surface area (Å²) in [4.78, 5) is 26.8. The second-order valence-electron chi connectivity index (χ2n) is 5.90. The van der Waals surface area contributed by atoms with Crippen LogP contribution >= 0.6 is 0 Å². The molecule has 1 unspecified atom stereocenters. The zero-order valence-corrected chi connectivity index (χ0v) is 13.6. The topological polar surface area (TPSA) is 97.5 Å². The van der Waals surface area contributed by atoms with Gasteiger partial charge in [-0.2, -0.15) is 5.10 Å². The molecule has 7 heteroatoms. The molecule has 1 heterocycles. The number of non-ortho nitro benzene ring substituents is 1. The summed E-state index contributed by atoms with van der Waals surface area (Å²) in [6.45, 7) is 0. The molecular formula is C18H18N4O3. The Balaban J connectivity index is 1.72. The van der Waals surface area contributed by atoms with Crippen LogP contribution in [0.25, 0.3) is 0 Å². The number of nitrogens with zero attached hydrogens (tertiary/aromatic N) is 3. The fraction of sp³-hybridized carbons (Fsp3) is 0.278. The molecule has 1 N–H and O–H groups in total. The van der Waals surface area contributed by atoms with Gasteiger partial charge in [-0.15, -0.1) is 0 Å². The van der Waals surface area contributed by atoms with Gasteiger partial charge in [-0.05, 0) is 43.5 Å². The van der Waals surface area contributed by atoms with E-state index >= 15 is 0 Å². The number of pyridine rings is 1. The van der Waals surface area contributed by atoms with Gasteiger partial charge in [-0.1, -0.05) is 12.5 Å². The Labute approximate surface area is 144 Å². The van der Waals surface area contributed by atoms with Crippen molar-refractivity contribution in [1.29, 1.82) is 0 Å². The first-order chi connectivity index (χ1) is 12.1. The molecule has 1 aromatic carbocycles. The largest absolute Gasteiger partial charge is 0.271 e. The number of carbonyl (C=O) groups is 1. The molecule has 1 fully saturated rings. The lowest BCUT2D eigenvalue weighted by atomic mass is 9.85. The molecule has 1 atom stereocenters. The van der Waals surface area contributed by atoms with E-state index in [4.69, 9.17) is 0 Å². The number of amides is 1. The van der Waals surface area contributed by atoms with Crippen molar-refractivity contribution in [3.63, 3.8) is 0 Å². The van der Waals surface area contributed by atoms with Crippen LogP contribution in [0.4, 0.5) is 5.69 Å². The normalized spacial score (nSPS) is 18.7. The van der Waals surface area contributed by atoms with E-state index in [0.29, 0.717) is 5.56 Å². The highest BCUT2D eigenvalue weighted by atomic mass is 16.6. The van der Waals surface area contributed by atoms with Gasteiger partial charge in [0.05, 0.1) is 4.92 Å². The minimum absolute atomic E-state index is 0.0506. The SMILES string of the molecule is O=C(NN=C1CCCCC1c1ccccn1)c1ccc([N+](=O)[O-])cc1. The van der Waals surface area contributed by atoms with Crippen molar-refractivity contribution in [3.8, 4) is 0 Å². The first kappa shape index (κ1) is 16.8. The van der Waals surface area contributed by atoms with Gasteiger partial charge in [0.25, 0.3) is 11.6 Å². The second kappa shape index (κ2) is 7.65. The van der Waals surface area contributed by atoms with Gasteiger partial charge in [0.1, 0.15) is 0 Å². The Morgan fingerprint density at radius 1 is 1.20 bits per heavy atom. The minimum Gasteiger partial charge on any atom is -0.267 e. The lowest BCUT2D eigenvalue weighted by Gasteiger charge is -2.23. The third kappa shape index (κ3) is 4.06. The van der Waals surface area contributed by atoms with Crippen LogP contribution in [0.3, 0.4) is 0 Å². The van der Waals surface area contributed by atoms with Crippen molar-refractivity contribution >= 4 is 17.3 Å². The highest BCUT2D eigenvalue weighted by Crippen LogP contribution is 2.29. The number of rotatable bonds is 4. The predicted molar refractivity (Wildman–Crippen MR) is 93.4 cm³/mol. The van der Waals surface area contributed by atoms with Crippen molar-refractivity contribution in [2.45, 2.75) is 31.6 Å². The average molecular weight is 338 g/mol. The third-order valence-corrected chi connectivity index (χ3v) is 4.26. The zero-order chi connectivity index (χ0) is 17.6. The molecule has 0 bridgehead atoms. The predicted octanol–water partition coefficient (Wildman–Crippen LogP) is 3.43. The Morgan fingerprint density at radius 3 is 2.68 bits per heavy atom. The number of aromatic nitrogens is 1. The number of hydrogen-bond acceptors (Lipinski definition) is 5. The molecule has 3 rings (SSSR count). The van der Waals surface area contributed by atoms with Crippen molar-refractivity contribution in [1.82, 2.24) is 10.4 Å². The van der Waals surface area contributed by atoms with E-state index in [-0.39, 0.29) is 17.5 Å². The summed E-state index contributed by atoms with van der Waals surface area (Å²) in [7, 11) is 0. The summed E-state index contributed by atoms with van der Waals surface area (Å²) < 4.78 is 0. The number of hydrogen-bond donors (Lipinski definition) is 1. The lowest BCUT2D eigenvalue weighted by Crippen LogP contribution is -2.25. The molecule has 2 aromatic rings. The van der Waals surface area contributed by atoms with E-state index in [1.807, 2.05) is 18.2 Å². The molecule has 128 valence electrons. The number of benzene rings is 1. The summed E-state index contributed by atoms with van der Waals surface area (Å²) in [5, 5.41) is 15.0. The van der Waals surface area contributed by atoms with Gasteiger partial charge in [0, 0.05) is 41.2 Å². The molecule has 0 aliphatic heterocycles. The number of nitro benzene ring substituents is 1. The summed E-state index contributed by atoms with van der Waals surface area (Å²) in [5.74, 6) is -0.264. The molecule has 7 nitrogen and oxygen atoms in total. The molecular weight excluding hydrogens is 320 g/mol. The van der Waals surface area contributed by atoms with Gasteiger partial charge in [0.15, 0.2) is 0 Å². The summed E-state index contributed by atoms with van der Waals surface area (Å²) in [6.07, 6.45) is 5.69. The molecule has 0 saturated heterocycles. The van der Waals surface area contributed by atoms with Crippen LogP contribution in [0, 0.1) is 10.1 Å². The molecule has 0 radical (unpaired) electrons. The van der Waals surface area contributed by atoms with E-state index in [0.717, 1.165) is 37.1 Å². The molecule has 1 aromatic heterocycles. The minimum atomic E-state index is -0.499. The number of hydrazone groups is 1. The standard InChI is InChI=1S/C18H18N4O3/c23-18(13-8-10-14(11-9-13)22(24)25)21-20-17-7-2-1-5-15(17)16-6-3-4-12-19-16/h3-4,6,8-12,15H,1-2,5,7H2,(H,21,23). The van der Waals surface area contributed by atoms with Gasteiger partial charge < -0.3 is 0 Å². The van der Waals surface area contributed by atoms with Crippen LogP contribution in [0.15, 0.2) is 53.8 Å². The molecule has 1 aliphatic carbocycles. The molecule has 25 heavy (non-hydrogen) atoms. The van der Waals surface area contributed by atoms with Crippen LogP contribution in [-0.2, 0) is 0 Å². The van der Waals surface area contributed by atoms with Crippen LogP contribution in [0.1, 0.15) is 47.7 Å². The Kier molecular flexibility index (Phi) is 5.13. The van der Waals surface area contributed by atoms with E-state index in [1.54, 1.807) is 6.20 Å². The van der Waals surface area contributed by atoms with Gasteiger partial charge in [0.2, 0.25) is 0 Å². The molecule has 0 spiro atoms. The van der Waals surface area contributed by atoms with E-state index in [9.17, 15) is 14.9 Å². The maximum Gasteiger partial charge on any atom is 0.271 e. The Bertz CT molecular complexity index is 788. The first-order valence-electron chi connectivity index (χ1n) is 8.17. The number of nitro groups is 1. The van der Waals surface area contributed by atoms with Crippen molar-refractivity contribution in [3.05, 3.63) is 70.0 Å². The smallest absolute Gasteiger partial charge is 0.267 e. The summed E-state index contributed by atoms with van der Waals surface area (Å²) in [5.41, 5.74) is 4.73. The third-order valence-electron chi connectivity index (χ3n) is 4.26. The molecule has 1 amide bonds.